The van der Waals surface area contributed by atoms with E-state index in [2.05, 4.69) is 15.4 Å². The van der Waals surface area contributed by atoms with Crippen LogP contribution in [0.2, 0.25) is 10.0 Å². The van der Waals surface area contributed by atoms with Crippen molar-refractivity contribution in [3.63, 3.8) is 0 Å². The van der Waals surface area contributed by atoms with E-state index in [1.165, 1.54) is 10.9 Å². The molecule has 0 saturated heterocycles. The van der Waals surface area contributed by atoms with E-state index in [0.717, 1.165) is 0 Å². The lowest BCUT2D eigenvalue weighted by Gasteiger charge is -2.08. The molecule has 3 heterocycles. The molecule has 8 heteroatoms. The number of aryl methyl sites for hydroxylation is 2. The number of anilines is 1. The molecule has 0 atom stereocenters. The van der Waals surface area contributed by atoms with Crippen LogP contribution >= 0.6 is 23.2 Å². The van der Waals surface area contributed by atoms with Gasteiger partial charge >= 0.3 is 0 Å². The Morgan fingerprint density at radius 3 is 2.70 bits per heavy atom. The van der Waals surface area contributed by atoms with Crippen molar-refractivity contribution in [2.24, 2.45) is 0 Å². The van der Waals surface area contributed by atoms with E-state index < -0.39 is 0 Å². The minimum Gasteiger partial charge on any atom is -0.456 e. The Morgan fingerprint density at radius 2 is 2.04 bits per heavy atom. The summed E-state index contributed by atoms with van der Waals surface area (Å²) in [4.78, 5) is 16.4. The van der Waals surface area contributed by atoms with Crippen LogP contribution in [0.3, 0.4) is 0 Å². The Labute approximate surface area is 142 Å². The number of carbonyl (C=O) groups excluding carboxylic acids is 1. The average molecular weight is 351 g/mol. The number of aromatic nitrogens is 3. The second-order valence-corrected chi connectivity index (χ2v) is 5.75. The molecule has 6 nitrogen and oxygen atoms in total. The van der Waals surface area contributed by atoms with E-state index in [9.17, 15) is 4.79 Å². The number of hydrogen-bond donors (Lipinski definition) is 1. The van der Waals surface area contributed by atoms with Gasteiger partial charge in [0.25, 0.3) is 5.91 Å². The molecule has 0 aromatic carbocycles. The number of pyridine rings is 1. The normalized spacial score (nSPS) is 10.8. The number of nitrogens with one attached hydrogen (secondary N) is 1. The van der Waals surface area contributed by atoms with Crippen LogP contribution in [0.5, 0.6) is 0 Å². The van der Waals surface area contributed by atoms with Gasteiger partial charge < -0.3 is 9.73 Å². The summed E-state index contributed by atoms with van der Waals surface area (Å²) < 4.78 is 6.75. The van der Waals surface area contributed by atoms with Gasteiger partial charge in [-0.1, -0.05) is 23.2 Å². The summed E-state index contributed by atoms with van der Waals surface area (Å²) in [5.41, 5.74) is 0.698. The van der Waals surface area contributed by atoms with Crippen LogP contribution in [0.4, 0.5) is 5.82 Å². The smallest absolute Gasteiger partial charge is 0.292 e. The third-order valence-corrected chi connectivity index (χ3v) is 3.51. The van der Waals surface area contributed by atoms with E-state index in [4.69, 9.17) is 27.6 Å². The molecule has 0 radical (unpaired) electrons. The summed E-state index contributed by atoms with van der Waals surface area (Å²) in [6.07, 6.45) is 1.46. The van der Waals surface area contributed by atoms with Crippen molar-refractivity contribution < 1.29 is 9.21 Å². The molecule has 0 saturated carbocycles. The van der Waals surface area contributed by atoms with Crippen LogP contribution in [-0.4, -0.2) is 20.7 Å². The Morgan fingerprint density at radius 1 is 1.26 bits per heavy atom. The number of amides is 1. The molecule has 118 valence electrons. The highest BCUT2D eigenvalue weighted by Crippen LogP contribution is 2.25. The fourth-order valence-corrected chi connectivity index (χ4v) is 2.51. The first kappa shape index (κ1) is 15.6. The molecule has 0 spiro atoms. The molecular formula is C15H12Cl2N4O2. The van der Waals surface area contributed by atoms with Gasteiger partial charge in [0.1, 0.15) is 11.6 Å². The molecule has 1 N–H and O–H groups in total. The van der Waals surface area contributed by atoms with Crippen molar-refractivity contribution in [2.45, 2.75) is 13.8 Å². The molecule has 0 bridgehead atoms. The van der Waals surface area contributed by atoms with E-state index >= 15 is 0 Å². The van der Waals surface area contributed by atoms with Gasteiger partial charge in [-0.15, -0.1) is 0 Å². The molecule has 0 unspecified atom stereocenters. The van der Waals surface area contributed by atoms with Gasteiger partial charge in [-0.2, -0.15) is 9.78 Å². The van der Waals surface area contributed by atoms with Gasteiger partial charge in [0, 0.05) is 12.3 Å². The molecule has 1 amide bonds. The molecule has 0 aliphatic rings. The van der Waals surface area contributed by atoms with E-state index in [1.807, 2.05) is 0 Å². The molecule has 23 heavy (non-hydrogen) atoms. The molecule has 3 aromatic heterocycles. The highest BCUT2D eigenvalue weighted by molar-refractivity contribution is 6.35. The van der Waals surface area contributed by atoms with Crippen LogP contribution in [0.1, 0.15) is 22.0 Å². The zero-order valence-electron chi connectivity index (χ0n) is 12.3. The van der Waals surface area contributed by atoms with Gasteiger partial charge in [-0.25, -0.2) is 4.98 Å². The first-order chi connectivity index (χ1) is 10.9. The van der Waals surface area contributed by atoms with Gasteiger partial charge in [0.05, 0.1) is 15.7 Å². The van der Waals surface area contributed by atoms with Crippen molar-refractivity contribution in [2.75, 3.05) is 5.32 Å². The van der Waals surface area contributed by atoms with Crippen molar-refractivity contribution in [3.05, 3.63) is 57.7 Å². The molecule has 0 fully saturated rings. The van der Waals surface area contributed by atoms with Crippen molar-refractivity contribution >= 4 is 34.9 Å². The molecule has 3 aromatic rings. The van der Waals surface area contributed by atoms with Crippen LogP contribution in [0.15, 0.2) is 34.9 Å². The predicted molar refractivity (Wildman–Crippen MR) is 87.5 cm³/mol. The van der Waals surface area contributed by atoms with Crippen molar-refractivity contribution in [1.29, 1.82) is 0 Å². The third-order valence-electron chi connectivity index (χ3n) is 3.03. The summed E-state index contributed by atoms with van der Waals surface area (Å²) in [6.45, 7) is 3.57. The maximum atomic E-state index is 12.2. The lowest BCUT2D eigenvalue weighted by Crippen LogP contribution is -2.15. The molecular weight excluding hydrogens is 339 g/mol. The maximum Gasteiger partial charge on any atom is 0.292 e. The largest absolute Gasteiger partial charge is 0.456 e. The quantitative estimate of drug-likeness (QED) is 0.773. The number of furan rings is 1. The monoisotopic (exact) mass is 350 g/mol. The summed E-state index contributed by atoms with van der Waals surface area (Å²) in [7, 11) is 0. The van der Waals surface area contributed by atoms with Gasteiger partial charge in [-0.3, -0.25) is 4.79 Å². The Hall–Kier alpha value is -2.31. The Kier molecular flexibility index (Phi) is 4.11. The zero-order valence-corrected chi connectivity index (χ0v) is 13.8. The second-order valence-electron chi connectivity index (χ2n) is 4.91. The summed E-state index contributed by atoms with van der Waals surface area (Å²) >= 11 is 12.0. The number of hydrogen-bond acceptors (Lipinski definition) is 4. The maximum absolute atomic E-state index is 12.2. The fourth-order valence-electron chi connectivity index (χ4n) is 2.05. The number of rotatable bonds is 3. The summed E-state index contributed by atoms with van der Waals surface area (Å²) in [6, 6.07) is 6.59. The Bertz CT molecular complexity index is 885. The third kappa shape index (κ3) is 3.23. The topological polar surface area (TPSA) is 73.0 Å². The fraction of sp³-hybridized carbons (Fsp3) is 0.133. The van der Waals surface area contributed by atoms with Crippen LogP contribution < -0.4 is 5.32 Å². The molecule has 0 aliphatic carbocycles. The SMILES string of the molecule is Cc1cc(NC(=O)c2ccc(C)o2)n(-c2ncc(Cl)cc2Cl)n1. The molecule has 0 aliphatic heterocycles. The standard InChI is InChI=1S/C15H12Cl2N4O2/c1-8-5-13(19-15(22)12-4-3-9(2)23-12)21(20-8)14-11(17)6-10(16)7-18-14/h3-7H,1-2H3,(H,19,22). The lowest BCUT2D eigenvalue weighted by molar-refractivity contribution is 0.0994. The highest BCUT2D eigenvalue weighted by Gasteiger charge is 2.17. The second kappa shape index (κ2) is 6.06. The van der Waals surface area contributed by atoms with Gasteiger partial charge in [-0.05, 0) is 32.0 Å². The molecule has 3 rings (SSSR count). The van der Waals surface area contributed by atoms with Crippen molar-refractivity contribution in [3.8, 4) is 5.82 Å². The first-order valence-electron chi connectivity index (χ1n) is 6.70. The van der Waals surface area contributed by atoms with Crippen LogP contribution in [0.25, 0.3) is 5.82 Å². The number of nitrogens with zero attached hydrogens (tertiary/aromatic N) is 3. The summed E-state index contributed by atoms with van der Waals surface area (Å²) in [5.74, 6) is 1.28. The minimum atomic E-state index is -0.385. The predicted octanol–water partition coefficient (Wildman–Crippen LogP) is 4.04. The van der Waals surface area contributed by atoms with Crippen molar-refractivity contribution in [1.82, 2.24) is 14.8 Å². The number of halogens is 2. The first-order valence-corrected chi connectivity index (χ1v) is 7.45. The van der Waals surface area contributed by atoms with Gasteiger partial charge in [0.15, 0.2) is 11.6 Å². The van der Waals surface area contributed by atoms with Gasteiger partial charge in [0.2, 0.25) is 0 Å². The lowest BCUT2D eigenvalue weighted by atomic mass is 10.4. The van der Waals surface area contributed by atoms with Crippen LogP contribution in [-0.2, 0) is 0 Å². The van der Waals surface area contributed by atoms with Crippen LogP contribution in [0, 0.1) is 13.8 Å². The summed E-state index contributed by atoms with van der Waals surface area (Å²) in [5, 5.41) is 7.78. The average Bonchev–Trinajstić information content (AvgIpc) is 3.05. The minimum absolute atomic E-state index is 0.211. The van der Waals surface area contributed by atoms with E-state index in [0.29, 0.717) is 33.1 Å². The Balaban J connectivity index is 1.96. The van der Waals surface area contributed by atoms with E-state index in [-0.39, 0.29) is 11.7 Å². The zero-order chi connectivity index (χ0) is 16.6. The highest BCUT2D eigenvalue weighted by atomic mass is 35.5. The number of carbonyl (C=O) groups is 1. The van der Waals surface area contributed by atoms with E-state index in [1.54, 1.807) is 38.1 Å².